The van der Waals surface area contributed by atoms with Gasteiger partial charge >= 0.3 is 5.97 Å². The number of rotatable bonds is 8. The number of benzene rings is 2. The number of hydrogen-bond donors (Lipinski definition) is 1. The standard InChI is InChI=1S/C22H26N2O5/c1-15-5-6-16(2)19(11-15)23-20(25)13-24(3)21(26)14-29-22(27)12-17-7-9-18(28-4)10-8-17/h5-11H,12-14H2,1-4H3,(H,23,25). The maximum Gasteiger partial charge on any atom is 0.310 e. The molecule has 0 atom stereocenters. The summed E-state index contributed by atoms with van der Waals surface area (Å²) >= 11 is 0. The van der Waals surface area contributed by atoms with E-state index < -0.39 is 18.5 Å². The van der Waals surface area contributed by atoms with Crippen LogP contribution in [0.1, 0.15) is 16.7 Å². The van der Waals surface area contributed by atoms with Gasteiger partial charge < -0.3 is 19.7 Å². The average molecular weight is 398 g/mol. The fourth-order valence-corrected chi connectivity index (χ4v) is 2.58. The first-order valence-electron chi connectivity index (χ1n) is 9.18. The summed E-state index contributed by atoms with van der Waals surface area (Å²) in [5.74, 6) is -0.599. The quantitative estimate of drug-likeness (QED) is 0.691. The van der Waals surface area contributed by atoms with Crippen molar-refractivity contribution in [2.24, 2.45) is 0 Å². The van der Waals surface area contributed by atoms with E-state index in [0.29, 0.717) is 11.4 Å². The van der Waals surface area contributed by atoms with Crippen LogP contribution in [-0.2, 0) is 25.5 Å². The maximum absolute atomic E-state index is 12.2. The van der Waals surface area contributed by atoms with Crippen molar-refractivity contribution in [1.82, 2.24) is 4.90 Å². The van der Waals surface area contributed by atoms with Crippen molar-refractivity contribution >= 4 is 23.5 Å². The third-order valence-corrected chi connectivity index (χ3v) is 4.34. The van der Waals surface area contributed by atoms with E-state index in [0.717, 1.165) is 16.7 Å². The summed E-state index contributed by atoms with van der Waals surface area (Å²) < 4.78 is 10.1. The molecule has 2 aromatic carbocycles. The number of esters is 1. The van der Waals surface area contributed by atoms with Crippen LogP contribution in [0.3, 0.4) is 0 Å². The number of likely N-dealkylation sites (N-methyl/N-ethyl adjacent to an activating group) is 1. The number of amides is 2. The predicted octanol–water partition coefficient (Wildman–Crippen LogP) is 2.49. The molecule has 0 aliphatic carbocycles. The second-order valence-electron chi connectivity index (χ2n) is 6.80. The van der Waals surface area contributed by atoms with Crippen LogP contribution < -0.4 is 10.1 Å². The summed E-state index contributed by atoms with van der Waals surface area (Å²) in [7, 11) is 3.05. The zero-order chi connectivity index (χ0) is 21.4. The van der Waals surface area contributed by atoms with Crippen LogP contribution in [0, 0.1) is 13.8 Å². The van der Waals surface area contributed by atoms with Crippen LogP contribution in [0.5, 0.6) is 5.75 Å². The third-order valence-electron chi connectivity index (χ3n) is 4.34. The van der Waals surface area contributed by atoms with Gasteiger partial charge in [-0.05, 0) is 48.7 Å². The SMILES string of the molecule is COc1ccc(CC(=O)OCC(=O)N(C)CC(=O)Nc2cc(C)ccc2C)cc1. The second kappa shape index (κ2) is 10.3. The van der Waals surface area contributed by atoms with Gasteiger partial charge in [-0.2, -0.15) is 0 Å². The Hall–Kier alpha value is -3.35. The van der Waals surface area contributed by atoms with Gasteiger partial charge in [0.25, 0.3) is 5.91 Å². The van der Waals surface area contributed by atoms with Crippen molar-refractivity contribution in [3.63, 3.8) is 0 Å². The number of anilines is 1. The molecule has 0 bridgehead atoms. The Morgan fingerprint density at radius 3 is 2.38 bits per heavy atom. The minimum Gasteiger partial charge on any atom is -0.497 e. The highest BCUT2D eigenvalue weighted by Crippen LogP contribution is 2.16. The van der Waals surface area contributed by atoms with Gasteiger partial charge in [0.05, 0.1) is 20.1 Å². The lowest BCUT2D eigenvalue weighted by atomic mass is 10.1. The topological polar surface area (TPSA) is 84.9 Å². The van der Waals surface area contributed by atoms with Crippen molar-refractivity contribution in [3.8, 4) is 5.75 Å². The smallest absolute Gasteiger partial charge is 0.310 e. The molecular weight excluding hydrogens is 372 g/mol. The summed E-state index contributed by atoms with van der Waals surface area (Å²) in [6.45, 7) is 3.28. The van der Waals surface area contributed by atoms with Gasteiger partial charge in [-0.15, -0.1) is 0 Å². The number of nitrogens with one attached hydrogen (secondary N) is 1. The second-order valence-corrected chi connectivity index (χ2v) is 6.80. The predicted molar refractivity (Wildman–Crippen MR) is 110 cm³/mol. The van der Waals surface area contributed by atoms with Gasteiger partial charge in [0.1, 0.15) is 5.75 Å². The minimum absolute atomic E-state index is 0.0497. The Morgan fingerprint density at radius 1 is 1.03 bits per heavy atom. The molecule has 7 nitrogen and oxygen atoms in total. The van der Waals surface area contributed by atoms with Crippen molar-refractivity contribution in [2.75, 3.05) is 32.6 Å². The van der Waals surface area contributed by atoms with Gasteiger partial charge in [-0.1, -0.05) is 24.3 Å². The molecule has 2 aromatic rings. The molecule has 0 saturated heterocycles. The van der Waals surface area contributed by atoms with E-state index in [2.05, 4.69) is 5.32 Å². The molecule has 0 aliphatic heterocycles. The lowest BCUT2D eigenvalue weighted by molar-refractivity contribution is -0.151. The minimum atomic E-state index is -0.517. The number of ether oxygens (including phenoxy) is 2. The van der Waals surface area contributed by atoms with E-state index in [1.54, 1.807) is 31.4 Å². The third kappa shape index (κ3) is 6.95. The van der Waals surface area contributed by atoms with E-state index in [1.807, 2.05) is 32.0 Å². The van der Waals surface area contributed by atoms with Gasteiger partial charge in [-0.25, -0.2) is 0 Å². The molecule has 0 aromatic heterocycles. The Bertz CT molecular complexity index is 877. The van der Waals surface area contributed by atoms with E-state index in [9.17, 15) is 14.4 Å². The van der Waals surface area contributed by atoms with Gasteiger partial charge in [0, 0.05) is 12.7 Å². The molecule has 0 aliphatic rings. The number of methoxy groups -OCH3 is 1. The van der Waals surface area contributed by atoms with Crippen LogP contribution in [0.4, 0.5) is 5.69 Å². The van der Waals surface area contributed by atoms with Gasteiger partial charge in [0.2, 0.25) is 5.91 Å². The first-order chi connectivity index (χ1) is 13.8. The molecule has 29 heavy (non-hydrogen) atoms. The van der Waals surface area contributed by atoms with E-state index in [1.165, 1.54) is 11.9 Å². The highest BCUT2D eigenvalue weighted by molar-refractivity contribution is 5.95. The molecule has 154 valence electrons. The molecule has 0 saturated carbocycles. The lowest BCUT2D eigenvalue weighted by Gasteiger charge is -2.17. The summed E-state index contributed by atoms with van der Waals surface area (Å²) in [4.78, 5) is 37.5. The molecule has 2 amide bonds. The molecule has 1 N–H and O–H groups in total. The van der Waals surface area contributed by atoms with Crippen molar-refractivity contribution < 1.29 is 23.9 Å². The van der Waals surface area contributed by atoms with Gasteiger partial charge in [0.15, 0.2) is 6.61 Å². The summed E-state index contributed by atoms with van der Waals surface area (Å²) in [5, 5.41) is 2.79. The number of hydrogen-bond acceptors (Lipinski definition) is 5. The van der Waals surface area contributed by atoms with Crippen LogP contribution in [0.25, 0.3) is 0 Å². The van der Waals surface area contributed by atoms with Crippen LogP contribution >= 0.6 is 0 Å². The molecule has 2 rings (SSSR count). The zero-order valence-electron chi connectivity index (χ0n) is 17.2. The van der Waals surface area contributed by atoms with Crippen molar-refractivity contribution in [2.45, 2.75) is 20.3 Å². The fraction of sp³-hybridized carbons (Fsp3) is 0.318. The number of nitrogens with zero attached hydrogens (tertiary/aromatic N) is 1. The van der Waals surface area contributed by atoms with E-state index in [4.69, 9.17) is 9.47 Å². The fourth-order valence-electron chi connectivity index (χ4n) is 2.58. The molecule has 0 spiro atoms. The molecule has 0 radical (unpaired) electrons. The summed E-state index contributed by atoms with van der Waals surface area (Å²) in [5.41, 5.74) is 3.43. The molecule has 0 fully saturated rings. The van der Waals surface area contributed by atoms with Crippen LogP contribution in [-0.4, -0.2) is 50.0 Å². The summed E-state index contributed by atoms with van der Waals surface area (Å²) in [6, 6.07) is 12.8. The lowest BCUT2D eigenvalue weighted by Crippen LogP contribution is -2.37. The Labute approximate surface area is 170 Å². The molecule has 7 heteroatoms. The monoisotopic (exact) mass is 398 g/mol. The zero-order valence-corrected chi connectivity index (χ0v) is 17.2. The Kier molecular flexibility index (Phi) is 7.77. The number of aryl methyl sites for hydroxylation is 2. The highest BCUT2D eigenvalue weighted by Gasteiger charge is 2.16. The first kappa shape index (κ1) is 21.9. The normalized spacial score (nSPS) is 10.2. The molecular formula is C22H26N2O5. The first-order valence-corrected chi connectivity index (χ1v) is 9.18. The number of carbonyl (C=O) groups is 3. The Balaban J connectivity index is 1.78. The maximum atomic E-state index is 12.2. The van der Waals surface area contributed by atoms with Gasteiger partial charge in [-0.3, -0.25) is 14.4 Å². The van der Waals surface area contributed by atoms with E-state index >= 15 is 0 Å². The average Bonchev–Trinajstić information content (AvgIpc) is 2.69. The van der Waals surface area contributed by atoms with E-state index in [-0.39, 0.29) is 18.9 Å². The number of carbonyl (C=O) groups excluding carboxylic acids is 3. The van der Waals surface area contributed by atoms with Crippen LogP contribution in [0.15, 0.2) is 42.5 Å². The molecule has 0 unspecified atom stereocenters. The molecule has 0 heterocycles. The highest BCUT2D eigenvalue weighted by atomic mass is 16.5. The Morgan fingerprint density at radius 2 is 1.72 bits per heavy atom. The van der Waals surface area contributed by atoms with Crippen molar-refractivity contribution in [3.05, 3.63) is 59.2 Å². The largest absolute Gasteiger partial charge is 0.497 e. The summed E-state index contributed by atoms with van der Waals surface area (Å²) in [6.07, 6.45) is 0.0497. The van der Waals surface area contributed by atoms with Crippen molar-refractivity contribution in [1.29, 1.82) is 0 Å². The van der Waals surface area contributed by atoms with Crippen LogP contribution in [0.2, 0.25) is 0 Å².